The van der Waals surface area contributed by atoms with Crippen molar-refractivity contribution in [2.75, 3.05) is 38.2 Å². The van der Waals surface area contributed by atoms with Crippen molar-refractivity contribution < 1.29 is 9.53 Å². The molecule has 0 unspecified atom stereocenters. The minimum Gasteiger partial charge on any atom is -0.385 e. The first-order valence-corrected chi connectivity index (χ1v) is 6.98. The predicted molar refractivity (Wildman–Crippen MR) is 76.3 cm³/mol. The number of benzene rings is 1. The fraction of sp³-hybridized carbons (Fsp3) is 0.533. The normalized spacial score (nSPS) is 15.3. The van der Waals surface area contributed by atoms with Crippen molar-refractivity contribution in [3.05, 3.63) is 29.8 Å². The van der Waals surface area contributed by atoms with Crippen molar-refractivity contribution in [3.8, 4) is 0 Å². The number of nitrogens with one attached hydrogen (secondary N) is 1. The van der Waals surface area contributed by atoms with E-state index in [0.29, 0.717) is 26.2 Å². The maximum absolute atomic E-state index is 11.9. The second-order valence-electron chi connectivity index (χ2n) is 4.72. The first kappa shape index (κ1) is 13.9. The monoisotopic (exact) mass is 262 g/mol. The van der Waals surface area contributed by atoms with Crippen molar-refractivity contribution in [2.45, 2.75) is 19.8 Å². The smallest absolute Gasteiger partial charge is 0.224 e. The van der Waals surface area contributed by atoms with Crippen LogP contribution in [0.15, 0.2) is 24.3 Å². The zero-order chi connectivity index (χ0) is 13.5. The molecule has 4 nitrogen and oxygen atoms in total. The third-order valence-corrected chi connectivity index (χ3v) is 3.39. The molecule has 0 saturated carbocycles. The third kappa shape index (κ3) is 4.24. The van der Waals surface area contributed by atoms with E-state index in [4.69, 9.17) is 4.74 Å². The largest absolute Gasteiger partial charge is 0.385 e. The van der Waals surface area contributed by atoms with Crippen LogP contribution >= 0.6 is 0 Å². The molecule has 0 atom stereocenters. The maximum Gasteiger partial charge on any atom is 0.224 e. The molecule has 1 heterocycles. The highest BCUT2D eigenvalue weighted by Gasteiger charge is 2.15. The Kier molecular flexibility index (Phi) is 5.21. The molecule has 1 aliphatic heterocycles. The Hall–Kier alpha value is -1.55. The van der Waals surface area contributed by atoms with Crippen LogP contribution in [0.2, 0.25) is 0 Å². The number of morpholine rings is 1. The van der Waals surface area contributed by atoms with Gasteiger partial charge in [-0.25, -0.2) is 0 Å². The zero-order valence-corrected chi connectivity index (χ0v) is 11.5. The number of carbonyl (C=O) groups excluding carboxylic acids is 1. The van der Waals surface area contributed by atoms with E-state index in [0.717, 1.165) is 25.2 Å². The van der Waals surface area contributed by atoms with Crippen LogP contribution in [0.25, 0.3) is 0 Å². The van der Waals surface area contributed by atoms with Gasteiger partial charge in [-0.15, -0.1) is 0 Å². The number of anilines is 1. The Morgan fingerprint density at radius 3 is 2.58 bits per heavy atom. The minimum absolute atomic E-state index is 0.209. The lowest BCUT2D eigenvalue weighted by atomic mass is 10.1. The summed E-state index contributed by atoms with van der Waals surface area (Å²) in [7, 11) is 0. The summed E-state index contributed by atoms with van der Waals surface area (Å²) in [6.07, 6.45) is 1.59. The van der Waals surface area contributed by atoms with E-state index in [1.165, 1.54) is 5.56 Å². The van der Waals surface area contributed by atoms with E-state index >= 15 is 0 Å². The number of amides is 1. The molecule has 0 aromatic heterocycles. The molecule has 1 fully saturated rings. The summed E-state index contributed by atoms with van der Waals surface area (Å²) in [5.41, 5.74) is 2.40. The van der Waals surface area contributed by atoms with Gasteiger partial charge in [0.05, 0.1) is 13.2 Å². The Bertz CT molecular complexity index is 397. The molecule has 0 radical (unpaired) electrons. The number of hydrogen-bond acceptors (Lipinski definition) is 3. The Morgan fingerprint density at radius 1 is 1.26 bits per heavy atom. The Morgan fingerprint density at radius 2 is 1.95 bits per heavy atom. The average molecular weight is 262 g/mol. The summed E-state index contributed by atoms with van der Waals surface area (Å²) < 4.78 is 5.24. The van der Waals surface area contributed by atoms with E-state index in [9.17, 15) is 4.79 Å². The van der Waals surface area contributed by atoms with E-state index in [1.807, 2.05) is 4.90 Å². The number of aryl methyl sites for hydroxylation is 1. The Labute approximate surface area is 114 Å². The van der Waals surface area contributed by atoms with E-state index < -0.39 is 0 Å². The molecule has 0 bridgehead atoms. The van der Waals surface area contributed by atoms with E-state index in [-0.39, 0.29) is 5.91 Å². The van der Waals surface area contributed by atoms with Gasteiger partial charge in [0.1, 0.15) is 0 Å². The topological polar surface area (TPSA) is 41.6 Å². The first-order chi connectivity index (χ1) is 9.29. The van der Waals surface area contributed by atoms with Crippen molar-refractivity contribution in [1.82, 2.24) is 4.90 Å². The van der Waals surface area contributed by atoms with Crippen LogP contribution in [0, 0.1) is 0 Å². The zero-order valence-electron chi connectivity index (χ0n) is 11.5. The number of nitrogens with zero attached hydrogens (tertiary/aromatic N) is 1. The van der Waals surface area contributed by atoms with Gasteiger partial charge in [0.2, 0.25) is 5.91 Å². The quantitative estimate of drug-likeness (QED) is 0.881. The van der Waals surface area contributed by atoms with Gasteiger partial charge in [-0.1, -0.05) is 19.1 Å². The predicted octanol–water partition coefficient (Wildman–Crippen LogP) is 1.91. The average Bonchev–Trinajstić information content (AvgIpc) is 2.49. The van der Waals surface area contributed by atoms with Crippen LogP contribution in [0.5, 0.6) is 0 Å². The molecule has 0 spiro atoms. The summed E-state index contributed by atoms with van der Waals surface area (Å²) in [4.78, 5) is 13.8. The summed E-state index contributed by atoms with van der Waals surface area (Å²) in [5.74, 6) is 0.209. The van der Waals surface area contributed by atoms with Crippen LogP contribution in [0.1, 0.15) is 18.9 Å². The van der Waals surface area contributed by atoms with Gasteiger partial charge < -0.3 is 15.0 Å². The van der Waals surface area contributed by atoms with Crippen LogP contribution in [-0.4, -0.2) is 43.7 Å². The second-order valence-corrected chi connectivity index (χ2v) is 4.72. The molecule has 1 saturated heterocycles. The lowest BCUT2D eigenvalue weighted by Crippen LogP contribution is -2.41. The first-order valence-electron chi connectivity index (χ1n) is 6.98. The fourth-order valence-corrected chi connectivity index (χ4v) is 2.14. The molecule has 0 aliphatic carbocycles. The molecule has 19 heavy (non-hydrogen) atoms. The molecule has 1 aromatic rings. The molecule has 1 amide bonds. The number of carbonyl (C=O) groups is 1. The van der Waals surface area contributed by atoms with Gasteiger partial charge in [0.25, 0.3) is 0 Å². The highest BCUT2D eigenvalue weighted by atomic mass is 16.5. The summed E-state index contributed by atoms with van der Waals surface area (Å²) in [6, 6.07) is 8.37. The van der Waals surface area contributed by atoms with E-state index in [2.05, 4.69) is 36.5 Å². The molecule has 1 aliphatic rings. The lowest BCUT2D eigenvalue weighted by Gasteiger charge is -2.26. The van der Waals surface area contributed by atoms with Crippen molar-refractivity contribution in [1.29, 1.82) is 0 Å². The molecular formula is C15H22N2O2. The van der Waals surface area contributed by atoms with Gasteiger partial charge >= 0.3 is 0 Å². The van der Waals surface area contributed by atoms with Crippen molar-refractivity contribution in [3.63, 3.8) is 0 Å². The van der Waals surface area contributed by atoms with Gasteiger partial charge in [-0.2, -0.15) is 0 Å². The maximum atomic E-state index is 11.9. The molecular weight excluding hydrogens is 240 g/mol. The summed E-state index contributed by atoms with van der Waals surface area (Å²) in [6.45, 7) is 5.61. The molecule has 4 heteroatoms. The number of hydrogen-bond donors (Lipinski definition) is 1. The Balaban J connectivity index is 1.71. The molecule has 2 rings (SSSR count). The van der Waals surface area contributed by atoms with Crippen LogP contribution < -0.4 is 5.32 Å². The van der Waals surface area contributed by atoms with Crippen LogP contribution in [0.4, 0.5) is 5.69 Å². The summed E-state index contributed by atoms with van der Waals surface area (Å²) in [5, 5.41) is 3.29. The van der Waals surface area contributed by atoms with Crippen molar-refractivity contribution in [2.24, 2.45) is 0 Å². The number of rotatable bonds is 5. The standard InChI is InChI=1S/C15H22N2O2/c1-2-13-3-5-14(6-4-13)16-8-7-15(18)17-9-11-19-12-10-17/h3-6,16H,2,7-12H2,1H3. The third-order valence-electron chi connectivity index (χ3n) is 3.39. The van der Waals surface area contributed by atoms with Crippen molar-refractivity contribution >= 4 is 11.6 Å². The summed E-state index contributed by atoms with van der Waals surface area (Å²) >= 11 is 0. The molecule has 1 aromatic carbocycles. The van der Waals surface area contributed by atoms with Crippen LogP contribution in [0.3, 0.4) is 0 Å². The van der Waals surface area contributed by atoms with Crippen LogP contribution in [-0.2, 0) is 16.0 Å². The molecule has 104 valence electrons. The minimum atomic E-state index is 0.209. The lowest BCUT2D eigenvalue weighted by molar-refractivity contribution is -0.134. The van der Waals surface area contributed by atoms with Gasteiger partial charge in [0, 0.05) is 31.7 Å². The van der Waals surface area contributed by atoms with Gasteiger partial charge in [-0.3, -0.25) is 4.79 Å². The SMILES string of the molecule is CCc1ccc(NCCC(=O)N2CCOCC2)cc1. The highest BCUT2D eigenvalue weighted by Crippen LogP contribution is 2.10. The molecule has 1 N–H and O–H groups in total. The second kappa shape index (κ2) is 7.14. The number of ether oxygens (including phenoxy) is 1. The van der Waals surface area contributed by atoms with E-state index in [1.54, 1.807) is 0 Å². The highest BCUT2D eigenvalue weighted by molar-refractivity contribution is 5.76. The fourth-order valence-electron chi connectivity index (χ4n) is 2.14. The van der Waals surface area contributed by atoms with Gasteiger partial charge in [0.15, 0.2) is 0 Å². The van der Waals surface area contributed by atoms with Gasteiger partial charge in [-0.05, 0) is 24.1 Å².